The zero-order chi connectivity index (χ0) is 13.8. The molecule has 1 aromatic carbocycles. The maximum absolute atomic E-state index is 13.5. The van der Waals surface area contributed by atoms with Crippen molar-refractivity contribution in [2.24, 2.45) is 0 Å². The van der Waals surface area contributed by atoms with Gasteiger partial charge < -0.3 is 9.84 Å². The van der Waals surface area contributed by atoms with Gasteiger partial charge in [-0.1, -0.05) is 12.1 Å². The number of aromatic carboxylic acids is 1. The van der Waals surface area contributed by atoms with Gasteiger partial charge in [0.15, 0.2) is 17.3 Å². The second-order valence-corrected chi connectivity index (χ2v) is 4.04. The van der Waals surface area contributed by atoms with Crippen LogP contribution in [0.2, 0.25) is 0 Å². The fourth-order valence-electron chi connectivity index (χ4n) is 1.62. The fourth-order valence-corrected chi connectivity index (χ4v) is 1.62. The van der Waals surface area contributed by atoms with Gasteiger partial charge >= 0.3 is 5.97 Å². The highest BCUT2D eigenvalue weighted by Gasteiger charge is 2.12. The Hall–Kier alpha value is -2.43. The van der Waals surface area contributed by atoms with Gasteiger partial charge in [0.05, 0.1) is 0 Å². The Bertz CT molecular complexity index is 613. The summed E-state index contributed by atoms with van der Waals surface area (Å²) in [6.45, 7) is 1.77. The van der Waals surface area contributed by atoms with Crippen molar-refractivity contribution >= 4 is 5.97 Å². The second kappa shape index (κ2) is 5.48. The van der Waals surface area contributed by atoms with E-state index >= 15 is 0 Å². The lowest BCUT2D eigenvalue weighted by Crippen LogP contribution is -2.08. The number of pyridine rings is 1. The first kappa shape index (κ1) is 13.0. The molecule has 0 aliphatic heterocycles. The Labute approximate surface area is 109 Å². The Morgan fingerprint density at radius 2 is 2.21 bits per heavy atom. The SMILES string of the molecule is Cc1ccc(F)c(OCc2cccnc2C(=O)O)c1. The number of benzene rings is 1. The molecule has 1 heterocycles. The fraction of sp³-hybridized carbons (Fsp3) is 0.143. The third kappa shape index (κ3) is 3.07. The van der Waals surface area contributed by atoms with Crippen LogP contribution in [0, 0.1) is 12.7 Å². The molecule has 0 aliphatic rings. The van der Waals surface area contributed by atoms with Crippen molar-refractivity contribution < 1.29 is 19.0 Å². The van der Waals surface area contributed by atoms with Crippen LogP contribution < -0.4 is 4.74 Å². The molecule has 0 spiro atoms. The number of aromatic nitrogens is 1. The molecule has 19 heavy (non-hydrogen) atoms. The van der Waals surface area contributed by atoms with Crippen molar-refractivity contribution in [3.63, 3.8) is 0 Å². The third-order valence-electron chi connectivity index (χ3n) is 2.56. The molecule has 5 heteroatoms. The zero-order valence-corrected chi connectivity index (χ0v) is 10.3. The Kier molecular flexibility index (Phi) is 3.75. The van der Waals surface area contributed by atoms with Crippen LogP contribution in [0.5, 0.6) is 5.75 Å². The summed E-state index contributed by atoms with van der Waals surface area (Å²) in [6, 6.07) is 7.70. The van der Waals surface area contributed by atoms with Gasteiger partial charge in [-0.2, -0.15) is 0 Å². The molecule has 0 saturated heterocycles. The van der Waals surface area contributed by atoms with Crippen molar-refractivity contribution in [1.82, 2.24) is 4.98 Å². The largest absolute Gasteiger partial charge is 0.486 e. The molecule has 1 N–H and O–H groups in total. The quantitative estimate of drug-likeness (QED) is 0.919. The molecule has 98 valence electrons. The molecule has 0 amide bonds. The van der Waals surface area contributed by atoms with Gasteiger partial charge in [-0.05, 0) is 30.7 Å². The number of carboxylic acid groups (broad SMARTS) is 1. The van der Waals surface area contributed by atoms with Crippen molar-refractivity contribution in [3.05, 3.63) is 59.2 Å². The van der Waals surface area contributed by atoms with Gasteiger partial charge in [0.2, 0.25) is 0 Å². The highest BCUT2D eigenvalue weighted by atomic mass is 19.1. The molecule has 2 aromatic rings. The first-order chi connectivity index (χ1) is 9.08. The number of hydrogen-bond donors (Lipinski definition) is 1. The average Bonchev–Trinajstić information content (AvgIpc) is 2.40. The molecule has 4 nitrogen and oxygen atoms in total. The molecule has 2 rings (SSSR count). The summed E-state index contributed by atoms with van der Waals surface area (Å²) in [7, 11) is 0. The highest BCUT2D eigenvalue weighted by molar-refractivity contribution is 5.86. The molecule has 0 bridgehead atoms. The number of aryl methyl sites for hydroxylation is 1. The van der Waals surface area contributed by atoms with Crippen LogP contribution in [-0.2, 0) is 6.61 Å². The summed E-state index contributed by atoms with van der Waals surface area (Å²) < 4.78 is 18.8. The minimum atomic E-state index is -1.14. The van der Waals surface area contributed by atoms with E-state index in [1.807, 2.05) is 6.92 Å². The predicted molar refractivity (Wildman–Crippen MR) is 66.7 cm³/mol. The lowest BCUT2D eigenvalue weighted by Gasteiger charge is -2.09. The summed E-state index contributed by atoms with van der Waals surface area (Å²) in [4.78, 5) is 14.7. The summed E-state index contributed by atoms with van der Waals surface area (Å²) in [6.07, 6.45) is 1.39. The molecule has 0 saturated carbocycles. The van der Waals surface area contributed by atoms with Crippen LogP contribution in [0.15, 0.2) is 36.5 Å². The van der Waals surface area contributed by atoms with Crippen LogP contribution in [0.1, 0.15) is 21.6 Å². The molecular formula is C14H12FNO3. The molecule has 0 atom stereocenters. The topological polar surface area (TPSA) is 59.4 Å². The standard InChI is InChI=1S/C14H12FNO3/c1-9-4-5-11(15)12(7-9)19-8-10-3-2-6-16-13(10)14(17)18/h2-7H,8H2,1H3,(H,17,18). The summed E-state index contributed by atoms with van der Waals surface area (Å²) in [5.41, 5.74) is 1.17. The molecule has 1 aromatic heterocycles. The first-order valence-corrected chi connectivity index (χ1v) is 5.64. The number of carbonyl (C=O) groups is 1. The Morgan fingerprint density at radius 1 is 1.42 bits per heavy atom. The molecule has 0 unspecified atom stereocenters. The van der Waals surface area contributed by atoms with Crippen LogP contribution >= 0.6 is 0 Å². The van der Waals surface area contributed by atoms with Crippen LogP contribution in [0.25, 0.3) is 0 Å². The smallest absolute Gasteiger partial charge is 0.354 e. The molecule has 0 radical (unpaired) electrons. The third-order valence-corrected chi connectivity index (χ3v) is 2.56. The van der Waals surface area contributed by atoms with Gasteiger partial charge in [-0.15, -0.1) is 0 Å². The van der Waals surface area contributed by atoms with E-state index in [-0.39, 0.29) is 18.1 Å². The number of rotatable bonds is 4. The van der Waals surface area contributed by atoms with E-state index in [2.05, 4.69) is 4.98 Å². The normalized spacial score (nSPS) is 10.2. The predicted octanol–water partition coefficient (Wildman–Crippen LogP) is 2.81. The van der Waals surface area contributed by atoms with Crippen molar-refractivity contribution in [2.75, 3.05) is 0 Å². The minimum absolute atomic E-state index is 0.0458. The van der Waals surface area contributed by atoms with E-state index < -0.39 is 11.8 Å². The summed E-state index contributed by atoms with van der Waals surface area (Å²) in [5.74, 6) is -1.52. The number of ether oxygens (including phenoxy) is 1. The molecular weight excluding hydrogens is 249 g/mol. The summed E-state index contributed by atoms with van der Waals surface area (Å²) in [5, 5.41) is 8.97. The van der Waals surface area contributed by atoms with E-state index in [1.165, 1.54) is 12.3 Å². The van der Waals surface area contributed by atoms with E-state index in [1.54, 1.807) is 24.3 Å². The maximum atomic E-state index is 13.5. The van der Waals surface area contributed by atoms with Gasteiger partial charge in [-0.3, -0.25) is 0 Å². The number of nitrogens with zero attached hydrogens (tertiary/aromatic N) is 1. The van der Waals surface area contributed by atoms with E-state index in [9.17, 15) is 9.18 Å². The zero-order valence-electron chi connectivity index (χ0n) is 10.3. The maximum Gasteiger partial charge on any atom is 0.354 e. The van der Waals surface area contributed by atoms with Crippen molar-refractivity contribution in [2.45, 2.75) is 13.5 Å². The second-order valence-electron chi connectivity index (χ2n) is 4.04. The van der Waals surface area contributed by atoms with E-state index in [0.29, 0.717) is 5.56 Å². The first-order valence-electron chi connectivity index (χ1n) is 5.64. The van der Waals surface area contributed by atoms with Crippen molar-refractivity contribution in [3.8, 4) is 5.75 Å². The van der Waals surface area contributed by atoms with Crippen molar-refractivity contribution in [1.29, 1.82) is 0 Å². The van der Waals surface area contributed by atoms with Gasteiger partial charge in [0, 0.05) is 11.8 Å². The monoisotopic (exact) mass is 261 g/mol. The Morgan fingerprint density at radius 3 is 2.95 bits per heavy atom. The molecule has 0 aliphatic carbocycles. The number of hydrogen-bond acceptors (Lipinski definition) is 3. The lowest BCUT2D eigenvalue weighted by molar-refractivity contribution is 0.0687. The average molecular weight is 261 g/mol. The van der Waals surface area contributed by atoms with Gasteiger partial charge in [-0.25, -0.2) is 14.2 Å². The van der Waals surface area contributed by atoms with Gasteiger partial charge in [0.1, 0.15) is 6.61 Å². The van der Waals surface area contributed by atoms with Crippen LogP contribution in [0.4, 0.5) is 4.39 Å². The summed E-state index contributed by atoms with van der Waals surface area (Å²) >= 11 is 0. The van der Waals surface area contributed by atoms with E-state index in [4.69, 9.17) is 9.84 Å². The van der Waals surface area contributed by atoms with Crippen LogP contribution in [0.3, 0.4) is 0 Å². The lowest BCUT2D eigenvalue weighted by atomic mass is 10.2. The molecule has 0 fully saturated rings. The highest BCUT2D eigenvalue weighted by Crippen LogP contribution is 2.20. The minimum Gasteiger partial charge on any atom is -0.486 e. The van der Waals surface area contributed by atoms with E-state index in [0.717, 1.165) is 5.56 Å². The Balaban J connectivity index is 2.19. The van der Waals surface area contributed by atoms with Gasteiger partial charge in [0.25, 0.3) is 0 Å². The van der Waals surface area contributed by atoms with Crippen LogP contribution in [-0.4, -0.2) is 16.1 Å². The number of carboxylic acids is 1. The number of halogens is 1.